The molecule has 0 aliphatic rings. The molecule has 0 aromatic rings. The standard InChI is InChI=1S/C6H10Cl2O2/c1-4(8)5(2)10-6(9)3-7/h4-5H,3H2,1-2H3. The Balaban J connectivity index is 3.57. The molecule has 0 bridgehead atoms. The van der Waals surface area contributed by atoms with Crippen LogP contribution < -0.4 is 0 Å². The summed E-state index contributed by atoms with van der Waals surface area (Å²) >= 11 is 10.8. The van der Waals surface area contributed by atoms with Crippen LogP contribution in [0, 0.1) is 0 Å². The quantitative estimate of drug-likeness (QED) is 0.494. The number of carbonyl (C=O) groups is 1. The number of carbonyl (C=O) groups excluding carboxylic acids is 1. The molecule has 10 heavy (non-hydrogen) atoms. The monoisotopic (exact) mass is 184 g/mol. The summed E-state index contributed by atoms with van der Waals surface area (Å²) in [5.41, 5.74) is 0. The van der Waals surface area contributed by atoms with Crippen molar-refractivity contribution < 1.29 is 9.53 Å². The third-order valence-corrected chi connectivity index (χ3v) is 1.65. The van der Waals surface area contributed by atoms with Gasteiger partial charge in [-0.15, -0.1) is 23.2 Å². The zero-order chi connectivity index (χ0) is 8.15. The van der Waals surface area contributed by atoms with Gasteiger partial charge in [0.2, 0.25) is 0 Å². The zero-order valence-corrected chi connectivity index (χ0v) is 7.45. The lowest BCUT2D eigenvalue weighted by Crippen LogP contribution is -2.22. The Morgan fingerprint density at radius 3 is 2.40 bits per heavy atom. The SMILES string of the molecule is CC(Cl)C(C)OC(=O)CCl. The Morgan fingerprint density at radius 1 is 1.60 bits per heavy atom. The van der Waals surface area contributed by atoms with Gasteiger partial charge in [-0.2, -0.15) is 0 Å². The summed E-state index contributed by atoms with van der Waals surface area (Å²) in [7, 11) is 0. The Hall–Kier alpha value is 0.0500. The van der Waals surface area contributed by atoms with Gasteiger partial charge in [-0.25, -0.2) is 0 Å². The molecule has 0 heterocycles. The highest BCUT2D eigenvalue weighted by atomic mass is 35.5. The first-order valence-electron chi connectivity index (χ1n) is 2.97. The third-order valence-electron chi connectivity index (χ3n) is 1.07. The van der Waals surface area contributed by atoms with E-state index in [2.05, 4.69) is 0 Å². The van der Waals surface area contributed by atoms with Crippen LogP contribution in [0.4, 0.5) is 0 Å². The van der Waals surface area contributed by atoms with Crippen molar-refractivity contribution in [3.05, 3.63) is 0 Å². The van der Waals surface area contributed by atoms with Crippen LogP contribution in [0.3, 0.4) is 0 Å². The maximum atomic E-state index is 10.5. The Bertz CT molecular complexity index is 114. The van der Waals surface area contributed by atoms with E-state index in [9.17, 15) is 4.79 Å². The lowest BCUT2D eigenvalue weighted by molar-refractivity contribution is -0.144. The average Bonchev–Trinajstić information content (AvgIpc) is 1.87. The molecule has 0 saturated carbocycles. The molecule has 2 atom stereocenters. The van der Waals surface area contributed by atoms with Gasteiger partial charge >= 0.3 is 5.97 Å². The summed E-state index contributed by atoms with van der Waals surface area (Å²) in [6, 6.07) is 0. The van der Waals surface area contributed by atoms with E-state index in [1.54, 1.807) is 13.8 Å². The van der Waals surface area contributed by atoms with Crippen molar-refractivity contribution in [2.24, 2.45) is 0 Å². The van der Waals surface area contributed by atoms with Crippen LogP contribution in [0.2, 0.25) is 0 Å². The van der Waals surface area contributed by atoms with Crippen LogP contribution in [0.15, 0.2) is 0 Å². The maximum Gasteiger partial charge on any atom is 0.321 e. The summed E-state index contributed by atoms with van der Waals surface area (Å²) in [6.45, 7) is 3.48. The summed E-state index contributed by atoms with van der Waals surface area (Å²) < 4.78 is 4.76. The second-order valence-electron chi connectivity index (χ2n) is 2.01. The Labute approximate surface area is 70.4 Å². The third kappa shape index (κ3) is 3.96. The van der Waals surface area contributed by atoms with Gasteiger partial charge < -0.3 is 4.74 Å². The molecule has 0 fully saturated rings. The van der Waals surface area contributed by atoms with Gasteiger partial charge in [0.1, 0.15) is 12.0 Å². The normalized spacial score (nSPS) is 16.0. The van der Waals surface area contributed by atoms with Gasteiger partial charge in [0.25, 0.3) is 0 Å². The molecule has 0 rings (SSSR count). The molecule has 0 N–H and O–H groups in total. The highest BCUT2D eigenvalue weighted by molar-refractivity contribution is 6.26. The van der Waals surface area contributed by atoms with Crippen molar-refractivity contribution in [1.82, 2.24) is 0 Å². The summed E-state index contributed by atoms with van der Waals surface area (Å²) in [4.78, 5) is 10.5. The van der Waals surface area contributed by atoms with Gasteiger partial charge in [0.15, 0.2) is 0 Å². The van der Waals surface area contributed by atoms with Crippen molar-refractivity contribution in [2.45, 2.75) is 25.3 Å². The number of alkyl halides is 2. The van der Waals surface area contributed by atoms with Gasteiger partial charge in [-0.3, -0.25) is 4.79 Å². The summed E-state index contributed by atoms with van der Waals surface area (Å²) in [5, 5.41) is -0.174. The minimum absolute atomic E-state index is 0.117. The highest BCUT2D eigenvalue weighted by Crippen LogP contribution is 2.05. The van der Waals surface area contributed by atoms with Crippen LogP contribution in [-0.2, 0) is 9.53 Å². The molecule has 0 aromatic carbocycles. The molecule has 0 amide bonds. The Morgan fingerprint density at radius 2 is 2.10 bits per heavy atom. The molecule has 0 aliphatic carbocycles. The summed E-state index contributed by atoms with van der Waals surface area (Å²) in [5.74, 6) is -0.546. The number of esters is 1. The fraction of sp³-hybridized carbons (Fsp3) is 0.833. The minimum atomic E-state index is -0.429. The fourth-order valence-corrected chi connectivity index (χ4v) is 0.447. The van der Waals surface area contributed by atoms with E-state index >= 15 is 0 Å². The molecule has 0 aliphatic heterocycles. The fourth-order valence-electron chi connectivity index (χ4n) is 0.333. The first-order valence-corrected chi connectivity index (χ1v) is 3.94. The van der Waals surface area contributed by atoms with Crippen LogP contribution in [0.5, 0.6) is 0 Å². The highest BCUT2D eigenvalue weighted by Gasteiger charge is 2.12. The lowest BCUT2D eigenvalue weighted by Gasteiger charge is -2.13. The molecule has 2 nitrogen and oxygen atoms in total. The van der Waals surface area contributed by atoms with E-state index < -0.39 is 5.97 Å². The number of hydrogen-bond acceptors (Lipinski definition) is 2. The van der Waals surface area contributed by atoms with Crippen LogP contribution in [0.25, 0.3) is 0 Å². The largest absolute Gasteiger partial charge is 0.460 e. The second kappa shape index (κ2) is 4.80. The molecule has 0 aromatic heterocycles. The molecule has 0 saturated heterocycles. The first-order chi connectivity index (χ1) is 4.57. The topological polar surface area (TPSA) is 26.3 Å². The van der Waals surface area contributed by atoms with Crippen molar-refractivity contribution in [2.75, 3.05) is 5.88 Å². The molecule has 4 heteroatoms. The van der Waals surface area contributed by atoms with E-state index in [0.717, 1.165) is 0 Å². The zero-order valence-electron chi connectivity index (χ0n) is 5.93. The molecular formula is C6H10Cl2O2. The minimum Gasteiger partial charge on any atom is -0.460 e. The van der Waals surface area contributed by atoms with E-state index in [0.29, 0.717) is 0 Å². The predicted octanol–water partition coefficient (Wildman–Crippen LogP) is 1.78. The van der Waals surface area contributed by atoms with E-state index in [1.807, 2.05) is 0 Å². The van der Waals surface area contributed by atoms with Crippen LogP contribution in [0.1, 0.15) is 13.8 Å². The van der Waals surface area contributed by atoms with E-state index in [-0.39, 0.29) is 17.4 Å². The number of rotatable bonds is 3. The molecule has 60 valence electrons. The van der Waals surface area contributed by atoms with Gasteiger partial charge in [-0.05, 0) is 13.8 Å². The number of hydrogen-bond donors (Lipinski definition) is 0. The van der Waals surface area contributed by atoms with Gasteiger partial charge in [0, 0.05) is 0 Å². The second-order valence-corrected chi connectivity index (χ2v) is 2.96. The maximum absolute atomic E-state index is 10.5. The van der Waals surface area contributed by atoms with Crippen molar-refractivity contribution in [3.63, 3.8) is 0 Å². The smallest absolute Gasteiger partial charge is 0.321 e. The average molecular weight is 185 g/mol. The van der Waals surface area contributed by atoms with E-state index in [4.69, 9.17) is 27.9 Å². The number of halogens is 2. The molecule has 2 unspecified atom stereocenters. The molecular weight excluding hydrogens is 175 g/mol. The Kier molecular flexibility index (Phi) is 4.83. The predicted molar refractivity (Wildman–Crippen MR) is 41.6 cm³/mol. The van der Waals surface area contributed by atoms with Crippen LogP contribution in [-0.4, -0.2) is 23.3 Å². The molecule has 0 spiro atoms. The van der Waals surface area contributed by atoms with Crippen molar-refractivity contribution in [1.29, 1.82) is 0 Å². The van der Waals surface area contributed by atoms with Gasteiger partial charge in [-0.1, -0.05) is 0 Å². The van der Waals surface area contributed by atoms with Crippen molar-refractivity contribution in [3.8, 4) is 0 Å². The van der Waals surface area contributed by atoms with E-state index in [1.165, 1.54) is 0 Å². The van der Waals surface area contributed by atoms with Gasteiger partial charge in [0.05, 0.1) is 5.38 Å². The first kappa shape index (κ1) is 10.0. The van der Waals surface area contributed by atoms with Crippen LogP contribution >= 0.6 is 23.2 Å². The summed E-state index contributed by atoms with van der Waals surface area (Å²) in [6.07, 6.45) is -0.270. The lowest BCUT2D eigenvalue weighted by atomic mass is 10.3. The molecule has 0 radical (unpaired) electrons. The number of ether oxygens (including phenoxy) is 1. The van der Waals surface area contributed by atoms with Crippen molar-refractivity contribution >= 4 is 29.2 Å².